The highest BCUT2D eigenvalue weighted by molar-refractivity contribution is 7.15. The number of aryl methyl sites for hydroxylation is 1. The highest BCUT2D eigenvalue weighted by Gasteiger charge is 2.12. The number of thiophene rings is 1. The number of ether oxygens (including phenoxy) is 1. The van der Waals surface area contributed by atoms with Crippen LogP contribution in [0.15, 0.2) is 36.4 Å². The average Bonchev–Trinajstić information content (AvgIpc) is 2.99. The minimum atomic E-state index is -1.02. The predicted octanol–water partition coefficient (Wildman–Crippen LogP) is 2.95. The molecule has 0 aliphatic carbocycles. The third-order valence-corrected chi connectivity index (χ3v) is 4.01. The Bertz CT molecular complexity index is 648. The Morgan fingerprint density at radius 1 is 1.14 bits per heavy atom. The molecule has 6 heteroatoms. The normalized spacial score (nSPS) is 10.2. The van der Waals surface area contributed by atoms with Crippen LogP contribution in [0.25, 0.3) is 0 Å². The second-order valence-electron chi connectivity index (χ2n) is 4.74. The molecule has 0 bridgehead atoms. The van der Waals surface area contributed by atoms with E-state index in [-0.39, 0.29) is 10.8 Å². The number of hydrogen-bond donors (Lipinski definition) is 2. The summed E-state index contributed by atoms with van der Waals surface area (Å²) in [5.74, 6) is -0.468. The van der Waals surface area contributed by atoms with Gasteiger partial charge in [-0.15, -0.1) is 11.3 Å². The molecule has 1 aromatic carbocycles. The minimum absolute atomic E-state index is 0.160. The number of hydrogen-bond acceptors (Lipinski definition) is 4. The summed E-state index contributed by atoms with van der Waals surface area (Å²) in [6.45, 7) is 3.00. The van der Waals surface area contributed by atoms with Gasteiger partial charge in [0.25, 0.3) is 5.91 Å². The van der Waals surface area contributed by atoms with E-state index in [2.05, 4.69) is 5.32 Å². The van der Waals surface area contributed by atoms with Crippen LogP contribution in [-0.2, 0) is 0 Å². The highest BCUT2D eigenvalue weighted by Crippen LogP contribution is 2.16. The van der Waals surface area contributed by atoms with E-state index >= 15 is 0 Å². The fourth-order valence-electron chi connectivity index (χ4n) is 1.76. The lowest BCUT2D eigenvalue weighted by Gasteiger charge is -2.07. The maximum absolute atomic E-state index is 11.8. The number of carboxylic acids is 1. The second-order valence-corrected chi connectivity index (χ2v) is 5.82. The summed E-state index contributed by atoms with van der Waals surface area (Å²) in [6, 6.07) is 10.7. The molecule has 1 aromatic heterocycles. The van der Waals surface area contributed by atoms with Crippen LogP contribution in [0.1, 0.15) is 31.3 Å². The lowest BCUT2D eigenvalue weighted by molar-refractivity contribution is 0.0702. The largest absolute Gasteiger partial charge is 0.494 e. The van der Waals surface area contributed by atoms with Gasteiger partial charge in [0.1, 0.15) is 10.6 Å². The van der Waals surface area contributed by atoms with Crippen LogP contribution in [0.4, 0.5) is 0 Å². The molecule has 0 fully saturated rings. The first kappa shape index (κ1) is 16.0. The SMILES string of the molecule is Cc1ccc(OCCCNC(=O)c2ccc(C(=O)O)s2)cc1. The minimum Gasteiger partial charge on any atom is -0.494 e. The highest BCUT2D eigenvalue weighted by atomic mass is 32.1. The molecule has 0 saturated heterocycles. The molecule has 0 radical (unpaired) electrons. The van der Waals surface area contributed by atoms with E-state index in [1.807, 2.05) is 31.2 Å². The Labute approximate surface area is 132 Å². The Morgan fingerprint density at radius 2 is 1.82 bits per heavy atom. The maximum atomic E-state index is 11.8. The summed E-state index contributed by atoms with van der Waals surface area (Å²) in [5, 5.41) is 11.6. The zero-order valence-corrected chi connectivity index (χ0v) is 13.0. The summed E-state index contributed by atoms with van der Waals surface area (Å²) in [7, 11) is 0. The summed E-state index contributed by atoms with van der Waals surface area (Å²) in [4.78, 5) is 23.1. The molecule has 22 heavy (non-hydrogen) atoms. The Kier molecular flexibility index (Phi) is 5.55. The number of carboxylic acid groups (broad SMARTS) is 1. The van der Waals surface area contributed by atoms with Crippen LogP contribution in [-0.4, -0.2) is 30.1 Å². The Morgan fingerprint density at radius 3 is 2.45 bits per heavy atom. The molecule has 0 unspecified atom stereocenters. The van der Waals surface area contributed by atoms with Crippen LogP contribution in [0.3, 0.4) is 0 Å². The first-order chi connectivity index (χ1) is 10.6. The van der Waals surface area contributed by atoms with E-state index in [4.69, 9.17) is 9.84 Å². The van der Waals surface area contributed by atoms with Crippen molar-refractivity contribution in [3.8, 4) is 5.75 Å². The van der Waals surface area contributed by atoms with Crippen LogP contribution >= 0.6 is 11.3 Å². The van der Waals surface area contributed by atoms with Gasteiger partial charge in [0, 0.05) is 6.54 Å². The number of rotatable bonds is 7. The third kappa shape index (κ3) is 4.60. The van der Waals surface area contributed by atoms with E-state index in [0.717, 1.165) is 17.1 Å². The number of amides is 1. The predicted molar refractivity (Wildman–Crippen MR) is 84.9 cm³/mol. The summed E-state index contributed by atoms with van der Waals surface area (Å²) in [6.07, 6.45) is 0.677. The number of carbonyl (C=O) groups is 2. The number of aromatic carboxylic acids is 1. The molecule has 2 rings (SSSR count). The van der Waals surface area contributed by atoms with Gasteiger partial charge in [-0.05, 0) is 37.6 Å². The summed E-state index contributed by atoms with van der Waals surface area (Å²) < 4.78 is 5.56. The van der Waals surface area contributed by atoms with Gasteiger partial charge in [0.2, 0.25) is 0 Å². The molecule has 116 valence electrons. The van der Waals surface area contributed by atoms with Crippen molar-refractivity contribution < 1.29 is 19.4 Å². The number of benzene rings is 1. The smallest absolute Gasteiger partial charge is 0.345 e. The van der Waals surface area contributed by atoms with Crippen molar-refractivity contribution in [3.05, 3.63) is 51.7 Å². The van der Waals surface area contributed by atoms with Crippen LogP contribution in [0, 0.1) is 6.92 Å². The van der Waals surface area contributed by atoms with Crippen molar-refractivity contribution in [2.24, 2.45) is 0 Å². The summed E-state index contributed by atoms with van der Waals surface area (Å²) in [5.41, 5.74) is 1.18. The van der Waals surface area contributed by atoms with Crippen molar-refractivity contribution >= 4 is 23.2 Å². The fourth-order valence-corrected chi connectivity index (χ4v) is 2.52. The van der Waals surface area contributed by atoms with Gasteiger partial charge in [-0.3, -0.25) is 4.79 Å². The summed E-state index contributed by atoms with van der Waals surface area (Å²) >= 11 is 0.968. The molecule has 0 aliphatic heterocycles. The van der Waals surface area contributed by atoms with E-state index in [0.29, 0.717) is 24.4 Å². The van der Waals surface area contributed by atoms with Gasteiger partial charge in [-0.2, -0.15) is 0 Å². The average molecular weight is 319 g/mol. The lowest BCUT2D eigenvalue weighted by atomic mass is 10.2. The molecular weight excluding hydrogens is 302 g/mol. The molecule has 1 heterocycles. The topological polar surface area (TPSA) is 75.6 Å². The number of nitrogens with one attached hydrogen (secondary N) is 1. The van der Waals surface area contributed by atoms with Crippen molar-refractivity contribution in [2.75, 3.05) is 13.2 Å². The Balaban J connectivity index is 1.68. The maximum Gasteiger partial charge on any atom is 0.345 e. The van der Waals surface area contributed by atoms with E-state index in [9.17, 15) is 9.59 Å². The van der Waals surface area contributed by atoms with Crippen LogP contribution < -0.4 is 10.1 Å². The Hall–Kier alpha value is -2.34. The number of carbonyl (C=O) groups excluding carboxylic acids is 1. The van der Waals surface area contributed by atoms with Gasteiger partial charge in [-0.25, -0.2) is 4.79 Å². The van der Waals surface area contributed by atoms with Gasteiger partial charge < -0.3 is 15.2 Å². The van der Waals surface area contributed by atoms with Gasteiger partial charge in [0.05, 0.1) is 11.5 Å². The van der Waals surface area contributed by atoms with Gasteiger partial charge in [-0.1, -0.05) is 17.7 Å². The lowest BCUT2D eigenvalue weighted by Crippen LogP contribution is -2.24. The second kappa shape index (κ2) is 7.61. The molecule has 2 N–H and O–H groups in total. The molecule has 0 atom stereocenters. The van der Waals surface area contributed by atoms with Gasteiger partial charge in [0.15, 0.2) is 0 Å². The van der Waals surface area contributed by atoms with E-state index in [1.54, 1.807) is 0 Å². The molecule has 0 saturated carbocycles. The molecule has 0 spiro atoms. The van der Waals surface area contributed by atoms with Crippen molar-refractivity contribution in [3.63, 3.8) is 0 Å². The van der Waals surface area contributed by atoms with Crippen molar-refractivity contribution in [2.45, 2.75) is 13.3 Å². The quantitative estimate of drug-likeness (QED) is 0.769. The van der Waals surface area contributed by atoms with Crippen LogP contribution in [0.2, 0.25) is 0 Å². The van der Waals surface area contributed by atoms with E-state index < -0.39 is 5.97 Å². The monoisotopic (exact) mass is 319 g/mol. The molecule has 5 nitrogen and oxygen atoms in total. The molecular formula is C16H17NO4S. The molecule has 0 aliphatic rings. The molecule has 2 aromatic rings. The van der Waals surface area contributed by atoms with Gasteiger partial charge >= 0.3 is 5.97 Å². The first-order valence-electron chi connectivity index (χ1n) is 6.87. The van der Waals surface area contributed by atoms with Crippen LogP contribution in [0.5, 0.6) is 5.75 Å². The standard InChI is InChI=1S/C16H17NO4S/c1-11-3-5-12(6-4-11)21-10-2-9-17-15(18)13-7-8-14(22-13)16(19)20/h3-8H,2,9-10H2,1H3,(H,17,18)(H,19,20). The zero-order valence-electron chi connectivity index (χ0n) is 12.2. The fraction of sp³-hybridized carbons (Fsp3) is 0.250. The van der Waals surface area contributed by atoms with Crippen molar-refractivity contribution in [1.29, 1.82) is 0 Å². The third-order valence-electron chi connectivity index (χ3n) is 2.94. The van der Waals surface area contributed by atoms with E-state index in [1.165, 1.54) is 17.7 Å². The zero-order chi connectivity index (χ0) is 15.9. The molecule has 1 amide bonds. The van der Waals surface area contributed by atoms with Crippen molar-refractivity contribution in [1.82, 2.24) is 5.32 Å². The first-order valence-corrected chi connectivity index (χ1v) is 7.69.